The minimum absolute atomic E-state index is 0.203. The van der Waals surface area contributed by atoms with E-state index in [1.807, 2.05) is 11.7 Å². The van der Waals surface area contributed by atoms with Crippen molar-refractivity contribution in [2.24, 2.45) is 7.05 Å². The van der Waals surface area contributed by atoms with Gasteiger partial charge in [-0.25, -0.2) is 8.42 Å². The molecule has 1 aliphatic heterocycles. The molecule has 106 valence electrons. The average Bonchev–Trinajstić information content (AvgIpc) is 2.60. The summed E-state index contributed by atoms with van der Waals surface area (Å²) in [5, 5.41) is 4.21. The lowest BCUT2D eigenvalue weighted by Crippen LogP contribution is -2.32. The van der Waals surface area contributed by atoms with Crippen molar-refractivity contribution < 1.29 is 8.42 Å². The van der Waals surface area contributed by atoms with Gasteiger partial charge < -0.3 is 0 Å². The minimum atomic E-state index is -3.16. The normalized spacial score (nSPS) is 16.9. The summed E-state index contributed by atoms with van der Waals surface area (Å²) < 4.78 is 28.0. The Labute approximate surface area is 115 Å². The predicted molar refractivity (Wildman–Crippen MR) is 75.2 cm³/mol. The van der Waals surface area contributed by atoms with Gasteiger partial charge in [-0.1, -0.05) is 6.08 Å². The second-order valence-electron chi connectivity index (χ2n) is 4.92. The summed E-state index contributed by atoms with van der Waals surface area (Å²) in [6, 6.07) is 0. The van der Waals surface area contributed by atoms with Crippen molar-refractivity contribution in [1.29, 1.82) is 0 Å². The molecular weight excluding hydrogens is 262 g/mol. The lowest BCUT2D eigenvalue weighted by atomic mass is 10.2. The number of fused-ring (bicyclic) bond motifs is 1. The first kappa shape index (κ1) is 14.3. The third-order valence-electron chi connectivity index (χ3n) is 3.52. The molecule has 1 aliphatic rings. The van der Waals surface area contributed by atoms with E-state index in [0.29, 0.717) is 19.5 Å². The van der Waals surface area contributed by atoms with Crippen LogP contribution >= 0.6 is 0 Å². The summed E-state index contributed by atoms with van der Waals surface area (Å²) in [6.45, 7) is 4.68. The molecule has 1 aromatic heterocycles. The van der Waals surface area contributed by atoms with Crippen LogP contribution in [0.1, 0.15) is 30.5 Å². The summed E-state index contributed by atoms with van der Waals surface area (Å²) in [7, 11) is -1.25. The van der Waals surface area contributed by atoms with Crippen molar-refractivity contribution in [2.45, 2.75) is 32.2 Å². The molecule has 19 heavy (non-hydrogen) atoms. The van der Waals surface area contributed by atoms with Crippen molar-refractivity contribution in [1.82, 2.24) is 14.1 Å². The molecule has 6 heteroatoms. The van der Waals surface area contributed by atoms with Crippen LogP contribution in [0.25, 0.3) is 0 Å². The Kier molecular flexibility index (Phi) is 4.42. The number of rotatable bonds is 5. The molecule has 0 saturated heterocycles. The quantitative estimate of drug-likeness (QED) is 0.607. The molecular formula is C13H21N3O2S. The lowest BCUT2D eigenvalue weighted by Gasteiger charge is -2.19. The van der Waals surface area contributed by atoms with Crippen LogP contribution in [0.2, 0.25) is 0 Å². The fourth-order valence-electron chi connectivity index (χ4n) is 2.43. The Balaban J connectivity index is 2.11. The van der Waals surface area contributed by atoms with Crippen LogP contribution in [-0.4, -0.2) is 34.8 Å². The molecule has 0 atom stereocenters. The summed E-state index contributed by atoms with van der Waals surface area (Å²) in [6.07, 6.45) is 6.68. The second kappa shape index (κ2) is 5.88. The van der Waals surface area contributed by atoms with Crippen LogP contribution in [0.15, 0.2) is 18.9 Å². The monoisotopic (exact) mass is 283 g/mol. The predicted octanol–water partition coefficient (Wildman–Crippen LogP) is 1.46. The molecule has 0 amide bonds. The van der Waals surface area contributed by atoms with Gasteiger partial charge in [0.15, 0.2) is 0 Å². The fraction of sp³-hybridized carbons (Fsp3) is 0.615. The highest BCUT2D eigenvalue weighted by atomic mass is 32.2. The molecule has 0 aromatic carbocycles. The molecule has 0 spiro atoms. The van der Waals surface area contributed by atoms with Gasteiger partial charge in [0.1, 0.15) is 0 Å². The van der Waals surface area contributed by atoms with Crippen molar-refractivity contribution in [2.75, 3.05) is 12.3 Å². The molecule has 0 radical (unpaired) electrons. The van der Waals surface area contributed by atoms with Crippen LogP contribution in [0.3, 0.4) is 0 Å². The van der Waals surface area contributed by atoms with Gasteiger partial charge in [-0.15, -0.1) is 6.58 Å². The molecule has 5 nitrogen and oxygen atoms in total. The molecule has 0 N–H and O–H groups in total. The van der Waals surface area contributed by atoms with Gasteiger partial charge in [-0.05, 0) is 25.7 Å². The molecule has 1 aromatic rings. The Hall–Kier alpha value is -1.14. The van der Waals surface area contributed by atoms with E-state index in [-0.39, 0.29) is 5.75 Å². The topological polar surface area (TPSA) is 55.2 Å². The number of aromatic nitrogens is 2. The molecule has 0 unspecified atom stereocenters. The number of allylic oxidation sites excluding steroid dienone is 1. The maximum atomic E-state index is 12.3. The SMILES string of the molecule is C=CCCCS(=O)(=O)N1CCCc2c(cnn2C)C1. The number of nitrogens with zero attached hydrogens (tertiary/aromatic N) is 3. The summed E-state index contributed by atoms with van der Waals surface area (Å²) >= 11 is 0. The zero-order valence-corrected chi connectivity index (χ0v) is 12.2. The largest absolute Gasteiger partial charge is 0.272 e. The zero-order chi connectivity index (χ0) is 13.9. The molecule has 0 aliphatic carbocycles. The lowest BCUT2D eigenvalue weighted by molar-refractivity contribution is 0.408. The van der Waals surface area contributed by atoms with Gasteiger partial charge >= 0.3 is 0 Å². The Morgan fingerprint density at radius 3 is 3.05 bits per heavy atom. The van der Waals surface area contributed by atoms with Gasteiger partial charge in [0.25, 0.3) is 0 Å². The Morgan fingerprint density at radius 2 is 2.32 bits per heavy atom. The van der Waals surface area contributed by atoms with Crippen molar-refractivity contribution >= 4 is 10.0 Å². The summed E-state index contributed by atoms with van der Waals surface area (Å²) in [4.78, 5) is 0. The maximum Gasteiger partial charge on any atom is 0.214 e. The first-order valence-electron chi connectivity index (χ1n) is 6.63. The standard InChI is InChI=1S/C13H21N3O2S/c1-3-4-5-9-19(17,18)16-8-6-7-13-12(11-16)10-14-15(13)2/h3,10H,1,4-9,11H2,2H3. The highest BCUT2D eigenvalue weighted by Crippen LogP contribution is 2.20. The Morgan fingerprint density at radius 1 is 1.53 bits per heavy atom. The van der Waals surface area contributed by atoms with Crippen molar-refractivity contribution in [3.8, 4) is 0 Å². The van der Waals surface area contributed by atoms with Gasteiger partial charge in [0.2, 0.25) is 10.0 Å². The smallest absolute Gasteiger partial charge is 0.214 e. The van der Waals surface area contributed by atoms with E-state index in [4.69, 9.17) is 0 Å². The van der Waals surface area contributed by atoms with E-state index in [0.717, 1.165) is 30.5 Å². The van der Waals surface area contributed by atoms with Crippen LogP contribution in [0.4, 0.5) is 0 Å². The van der Waals surface area contributed by atoms with Crippen molar-refractivity contribution in [3.05, 3.63) is 30.1 Å². The van der Waals surface area contributed by atoms with Crippen LogP contribution in [-0.2, 0) is 30.0 Å². The number of unbranched alkanes of at least 4 members (excludes halogenated alkanes) is 1. The fourth-order valence-corrected chi connectivity index (χ4v) is 3.96. The number of sulfonamides is 1. The van der Waals surface area contributed by atoms with Crippen molar-refractivity contribution in [3.63, 3.8) is 0 Å². The second-order valence-corrected chi connectivity index (χ2v) is 7.01. The summed E-state index contributed by atoms with van der Waals surface area (Å²) in [5.74, 6) is 0.203. The number of aryl methyl sites for hydroxylation is 1. The average molecular weight is 283 g/mol. The molecule has 0 fully saturated rings. The first-order chi connectivity index (χ1) is 9.04. The first-order valence-corrected chi connectivity index (χ1v) is 8.24. The van der Waals surface area contributed by atoms with E-state index in [9.17, 15) is 8.42 Å². The van der Waals surface area contributed by atoms with Gasteiger partial charge in [-0.3, -0.25) is 4.68 Å². The van der Waals surface area contributed by atoms with Crippen LogP contribution < -0.4 is 0 Å². The van der Waals surface area contributed by atoms with E-state index < -0.39 is 10.0 Å². The highest BCUT2D eigenvalue weighted by molar-refractivity contribution is 7.89. The third-order valence-corrected chi connectivity index (χ3v) is 5.42. The molecule has 0 bridgehead atoms. The maximum absolute atomic E-state index is 12.3. The molecule has 2 heterocycles. The Bertz CT molecular complexity index is 548. The number of hydrogen-bond acceptors (Lipinski definition) is 3. The summed E-state index contributed by atoms with van der Waals surface area (Å²) in [5.41, 5.74) is 2.19. The van der Waals surface area contributed by atoms with Gasteiger partial charge in [-0.2, -0.15) is 9.40 Å². The van der Waals surface area contributed by atoms with E-state index in [1.165, 1.54) is 0 Å². The van der Waals surface area contributed by atoms with Gasteiger partial charge in [0.05, 0.1) is 11.9 Å². The van der Waals surface area contributed by atoms with E-state index in [2.05, 4.69) is 11.7 Å². The number of hydrogen-bond donors (Lipinski definition) is 0. The third kappa shape index (κ3) is 3.25. The minimum Gasteiger partial charge on any atom is -0.272 e. The van der Waals surface area contributed by atoms with Crippen LogP contribution in [0, 0.1) is 0 Å². The molecule has 2 rings (SSSR count). The van der Waals surface area contributed by atoms with E-state index >= 15 is 0 Å². The van der Waals surface area contributed by atoms with Crippen LogP contribution in [0.5, 0.6) is 0 Å². The zero-order valence-electron chi connectivity index (χ0n) is 11.4. The van der Waals surface area contributed by atoms with E-state index in [1.54, 1.807) is 16.6 Å². The highest BCUT2D eigenvalue weighted by Gasteiger charge is 2.26. The molecule has 0 saturated carbocycles. The van der Waals surface area contributed by atoms with Gasteiger partial charge in [0, 0.05) is 31.4 Å².